The van der Waals surface area contributed by atoms with Crippen molar-refractivity contribution in [1.29, 1.82) is 0 Å². The molecule has 0 saturated heterocycles. The van der Waals surface area contributed by atoms with Gasteiger partial charge in [0.05, 0.1) is 6.04 Å². The monoisotopic (exact) mass is 499 g/mol. The van der Waals surface area contributed by atoms with E-state index < -0.39 is 0 Å². The van der Waals surface area contributed by atoms with Gasteiger partial charge in [-0.15, -0.1) is 0 Å². The van der Waals surface area contributed by atoms with Crippen LogP contribution < -0.4 is 11.1 Å². The molecule has 0 radical (unpaired) electrons. The molecule has 2 aliphatic carbocycles. The molecule has 1 aromatic heterocycles. The molecule has 4 atom stereocenters. The number of carbonyl (C=O) groups is 1. The molecule has 5 rings (SSSR count). The number of amides is 1. The number of fused-ring (bicyclic) bond motifs is 3. The fourth-order valence-electron chi connectivity index (χ4n) is 7.10. The first-order valence-electron chi connectivity index (χ1n) is 13.9. The van der Waals surface area contributed by atoms with E-state index in [1.807, 2.05) is 30.3 Å². The second-order valence-electron chi connectivity index (χ2n) is 12.1. The lowest BCUT2D eigenvalue weighted by Gasteiger charge is -2.55. The van der Waals surface area contributed by atoms with Crippen LogP contribution in [0, 0.1) is 11.3 Å². The third-order valence-electron chi connectivity index (χ3n) is 9.19. The number of nitrogens with one attached hydrogen (secondary N) is 1. The van der Waals surface area contributed by atoms with E-state index in [1.165, 1.54) is 42.2 Å². The number of carbonyl (C=O) groups excluding carboxylic acids is 1. The van der Waals surface area contributed by atoms with Crippen molar-refractivity contribution in [3.05, 3.63) is 88.6 Å². The van der Waals surface area contributed by atoms with Crippen LogP contribution in [-0.2, 0) is 18.3 Å². The molecule has 4 unspecified atom stereocenters. The molecule has 0 spiro atoms. The Morgan fingerprint density at radius 1 is 1.16 bits per heavy atom. The summed E-state index contributed by atoms with van der Waals surface area (Å²) in [6.45, 7) is 10.0. The van der Waals surface area contributed by atoms with Gasteiger partial charge in [0.2, 0.25) is 5.89 Å². The number of benzene rings is 2. The zero-order chi connectivity index (χ0) is 26.2. The molecule has 1 fully saturated rings. The molecule has 5 heteroatoms. The summed E-state index contributed by atoms with van der Waals surface area (Å²) in [4.78, 5) is 17.5. The van der Waals surface area contributed by atoms with Crippen LogP contribution in [-0.4, -0.2) is 17.4 Å². The smallest absolute Gasteiger partial charge is 0.273 e. The molecule has 0 bridgehead atoms. The Morgan fingerprint density at radius 2 is 1.95 bits per heavy atom. The maximum atomic E-state index is 13.1. The molecule has 1 heterocycles. The highest BCUT2D eigenvalue weighted by Crippen LogP contribution is 2.57. The quantitative estimate of drug-likeness (QED) is 0.390. The Balaban J connectivity index is 1.27. The van der Waals surface area contributed by atoms with E-state index in [0.717, 1.165) is 18.4 Å². The summed E-state index contributed by atoms with van der Waals surface area (Å²) in [6.07, 6.45) is 7.84. The molecular formula is C32H41N3O2. The molecule has 196 valence electrons. The van der Waals surface area contributed by atoms with Gasteiger partial charge in [0.15, 0.2) is 5.69 Å². The van der Waals surface area contributed by atoms with Crippen LogP contribution in [0.4, 0.5) is 0 Å². The summed E-state index contributed by atoms with van der Waals surface area (Å²) in [5.41, 5.74) is 12.4. The minimum absolute atomic E-state index is 0.0351. The minimum atomic E-state index is -0.390. The topological polar surface area (TPSA) is 81.2 Å². The average molecular weight is 500 g/mol. The van der Waals surface area contributed by atoms with E-state index in [4.69, 9.17) is 10.2 Å². The van der Waals surface area contributed by atoms with E-state index >= 15 is 0 Å². The Labute approximate surface area is 221 Å². The van der Waals surface area contributed by atoms with Gasteiger partial charge in [0.1, 0.15) is 6.26 Å². The zero-order valence-corrected chi connectivity index (χ0v) is 22.7. The molecule has 37 heavy (non-hydrogen) atoms. The summed E-state index contributed by atoms with van der Waals surface area (Å²) in [5.74, 6) is 1.29. The predicted octanol–water partition coefficient (Wildman–Crippen LogP) is 6.48. The van der Waals surface area contributed by atoms with E-state index in [2.05, 4.69) is 56.2 Å². The van der Waals surface area contributed by atoms with Crippen LogP contribution in [0.5, 0.6) is 0 Å². The first kappa shape index (κ1) is 25.7. The summed E-state index contributed by atoms with van der Waals surface area (Å²) in [5, 5.41) is 3.21. The van der Waals surface area contributed by atoms with Gasteiger partial charge >= 0.3 is 0 Å². The molecule has 1 amide bonds. The van der Waals surface area contributed by atoms with Crippen LogP contribution in [0.2, 0.25) is 0 Å². The number of aryl methyl sites for hydroxylation is 1. The van der Waals surface area contributed by atoms with Gasteiger partial charge in [-0.05, 0) is 77.0 Å². The predicted molar refractivity (Wildman–Crippen MR) is 148 cm³/mol. The van der Waals surface area contributed by atoms with Crippen LogP contribution in [0.15, 0.2) is 59.2 Å². The van der Waals surface area contributed by atoms with Crippen LogP contribution in [0.25, 0.3) is 0 Å². The van der Waals surface area contributed by atoms with E-state index in [-0.39, 0.29) is 22.8 Å². The highest BCUT2D eigenvalue weighted by Gasteiger charge is 2.51. The highest BCUT2D eigenvalue weighted by molar-refractivity contribution is 5.91. The van der Waals surface area contributed by atoms with Crippen molar-refractivity contribution in [3.63, 3.8) is 0 Å². The Bertz CT molecular complexity index is 1250. The number of hydrogen-bond donors (Lipinski definition) is 2. The van der Waals surface area contributed by atoms with Gasteiger partial charge in [-0.2, -0.15) is 0 Å². The van der Waals surface area contributed by atoms with Crippen molar-refractivity contribution >= 4 is 5.91 Å². The Hall–Kier alpha value is -2.92. The number of hydrogen-bond acceptors (Lipinski definition) is 4. The van der Waals surface area contributed by atoms with Gasteiger partial charge in [-0.3, -0.25) is 4.79 Å². The lowest BCUT2D eigenvalue weighted by molar-refractivity contribution is 0.0254. The molecule has 3 N–H and O–H groups in total. The maximum Gasteiger partial charge on any atom is 0.273 e. The third-order valence-corrected chi connectivity index (χ3v) is 9.19. The van der Waals surface area contributed by atoms with E-state index in [1.54, 1.807) is 0 Å². The van der Waals surface area contributed by atoms with Crippen molar-refractivity contribution < 1.29 is 9.21 Å². The first-order valence-corrected chi connectivity index (χ1v) is 13.9. The highest BCUT2D eigenvalue weighted by atomic mass is 16.3. The van der Waals surface area contributed by atoms with E-state index in [0.29, 0.717) is 36.4 Å². The summed E-state index contributed by atoms with van der Waals surface area (Å²) >= 11 is 0. The molecule has 2 aliphatic rings. The third kappa shape index (κ3) is 4.98. The largest absolute Gasteiger partial charge is 0.446 e. The Kier molecular flexibility index (Phi) is 7.01. The van der Waals surface area contributed by atoms with Crippen molar-refractivity contribution in [2.75, 3.05) is 6.54 Å². The molecule has 0 aliphatic heterocycles. The normalized spacial score (nSPS) is 25.8. The fourth-order valence-corrected chi connectivity index (χ4v) is 7.10. The van der Waals surface area contributed by atoms with Crippen molar-refractivity contribution in [2.24, 2.45) is 17.1 Å². The summed E-state index contributed by atoms with van der Waals surface area (Å²) in [7, 11) is 0. The molecule has 5 nitrogen and oxygen atoms in total. The van der Waals surface area contributed by atoms with Crippen molar-refractivity contribution in [1.82, 2.24) is 10.3 Å². The van der Waals surface area contributed by atoms with Crippen molar-refractivity contribution in [2.45, 2.75) is 83.6 Å². The lowest BCUT2D eigenvalue weighted by atomic mass is 9.49. The molecule has 2 aromatic carbocycles. The molecule has 3 aromatic rings. The molecule has 1 saturated carbocycles. The van der Waals surface area contributed by atoms with Crippen LogP contribution >= 0.6 is 0 Å². The fraction of sp³-hybridized carbons (Fsp3) is 0.500. The number of aromatic nitrogens is 1. The standard InChI is InChI=1S/C32H41N3O2/c1-21(2)23-11-13-25-24(18-23)12-14-28-31(3,15-8-16-32(25,28)4)20-34-29(36)27-19-37-30(35-27)26(33)17-22-9-6-5-7-10-22/h5-7,9-11,13,18-19,21,26,28H,8,12,14-17,20,33H2,1-4H3,(H,34,36). The number of rotatable bonds is 7. The van der Waals surface area contributed by atoms with Gasteiger partial charge < -0.3 is 15.5 Å². The van der Waals surface area contributed by atoms with Gasteiger partial charge in [-0.1, -0.05) is 82.6 Å². The first-order chi connectivity index (χ1) is 17.7. The van der Waals surface area contributed by atoms with Crippen molar-refractivity contribution in [3.8, 4) is 0 Å². The maximum absolute atomic E-state index is 13.1. The van der Waals surface area contributed by atoms with Crippen LogP contribution in [0.3, 0.4) is 0 Å². The molecular weight excluding hydrogens is 458 g/mol. The van der Waals surface area contributed by atoms with E-state index in [9.17, 15) is 4.79 Å². The Morgan fingerprint density at radius 3 is 2.70 bits per heavy atom. The lowest BCUT2D eigenvalue weighted by Crippen LogP contribution is -2.53. The van der Waals surface area contributed by atoms with Crippen LogP contribution in [0.1, 0.15) is 104 Å². The number of nitrogens with zero attached hydrogens (tertiary/aromatic N) is 1. The second kappa shape index (κ2) is 10.1. The zero-order valence-electron chi connectivity index (χ0n) is 22.7. The SMILES string of the molecule is CC(C)c1ccc2c(c1)CCC1C(C)(CNC(=O)c3coc(C(N)Cc4ccccc4)n3)CCCC21C. The van der Waals surface area contributed by atoms with Gasteiger partial charge in [0.25, 0.3) is 5.91 Å². The number of nitrogens with two attached hydrogens (primary N) is 1. The minimum Gasteiger partial charge on any atom is -0.446 e. The average Bonchev–Trinajstić information content (AvgIpc) is 3.38. The second-order valence-corrected chi connectivity index (χ2v) is 12.1. The summed E-state index contributed by atoms with van der Waals surface area (Å²) in [6, 6.07) is 16.8. The van der Waals surface area contributed by atoms with Gasteiger partial charge in [-0.25, -0.2) is 4.98 Å². The van der Waals surface area contributed by atoms with Gasteiger partial charge in [0, 0.05) is 6.54 Å². The number of oxazole rings is 1. The summed E-state index contributed by atoms with van der Waals surface area (Å²) < 4.78 is 5.61.